The molecule has 4 nitrogen and oxygen atoms in total. The van der Waals surface area contributed by atoms with Gasteiger partial charge in [0, 0.05) is 6.54 Å². The van der Waals surface area contributed by atoms with Crippen molar-refractivity contribution in [2.75, 3.05) is 19.9 Å². The fourth-order valence-corrected chi connectivity index (χ4v) is 0.804. The fraction of sp³-hybridized carbons (Fsp3) is 0.800. The SMILES string of the molecule is O=C(NN1CCOC1)C(Cl)Cl. The number of hydrogen-bond donors (Lipinski definition) is 1. The highest BCUT2D eigenvalue weighted by atomic mass is 35.5. The molecular formula is C5H8Cl2N2O2. The number of nitrogens with zero attached hydrogens (tertiary/aromatic N) is 1. The highest BCUT2D eigenvalue weighted by molar-refractivity contribution is 6.53. The Morgan fingerprint density at radius 3 is 2.82 bits per heavy atom. The maximum Gasteiger partial charge on any atom is 0.267 e. The summed E-state index contributed by atoms with van der Waals surface area (Å²) in [4.78, 5) is 9.81. The zero-order chi connectivity index (χ0) is 8.27. The molecule has 11 heavy (non-hydrogen) atoms. The van der Waals surface area contributed by atoms with Gasteiger partial charge in [0.15, 0.2) is 4.84 Å². The Morgan fingerprint density at radius 2 is 2.36 bits per heavy atom. The maximum atomic E-state index is 10.8. The lowest BCUT2D eigenvalue weighted by Crippen LogP contribution is -2.42. The summed E-state index contributed by atoms with van der Waals surface area (Å²) in [5, 5.41) is 1.61. The van der Waals surface area contributed by atoms with E-state index in [9.17, 15) is 4.79 Å². The summed E-state index contributed by atoms with van der Waals surface area (Å²) in [5.74, 6) is -0.418. The average molecular weight is 199 g/mol. The van der Waals surface area contributed by atoms with Crippen LogP contribution in [0.3, 0.4) is 0 Å². The molecule has 0 radical (unpaired) electrons. The van der Waals surface area contributed by atoms with Gasteiger partial charge in [-0.2, -0.15) is 5.01 Å². The molecule has 0 unspecified atom stereocenters. The van der Waals surface area contributed by atoms with Crippen molar-refractivity contribution in [2.24, 2.45) is 0 Å². The Hall–Kier alpha value is -0.0300. The highest BCUT2D eigenvalue weighted by Crippen LogP contribution is 2.02. The largest absolute Gasteiger partial charge is 0.363 e. The van der Waals surface area contributed by atoms with Crippen LogP contribution in [-0.4, -0.2) is 35.6 Å². The number of carbonyl (C=O) groups excluding carboxylic acids is 1. The van der Waals surface area contributed by atoms with Crippen LogP contribution in [0.4, 0.5) is 0 Å². The molecule has 0 aromatic heterocycles. The van der Waals surface area contributed by atoms with Gasteiger partial charge in [0.2, 0.25) is 0 Å². The van der Waals surface area contributed by atoms with Crippen molar-refractivity contribution in [2.45, 2.75) is 4.84 Å². The average Bonchev–Trinajstić information content (AvgIpc) is 2.39. The topological polar surface area (TPSA) is 41.6 Å². The van der Waals surface area contributed by atoms with E-state index in [0.717, 1.165) is 0 Å². The first-order chi connectivity index (χ1) is 5.20. The van der Waals surface area contributed by atoms with Crippen LogP contribution in [0.2, 0.25) is 0 Å². The Morgan fingerprint density at radius 1 is 1.64 bits per heavy atom. The lowest BCUT2D eigenvalue weighted by Gasteiger charge is -2.14. The van der Waals surface area contributed by atoms with Crippen molar-refractivity contribution in [1.82, 2.24) is 10.4 Å². The minimum Gasteiger partial charge on any atom is -0.363 e. The van der Waals surface area contributed by atoms with Crippen LogP contribution < -0.4 is 5.43 Å². The summed E-state index contributed by atoms with van der Waals surface area (Å²) in [6.45, 7) is 1.69. The van der Waals surface area contributed by atoms with Gasteiger partial charge in [-0.3, -0.25) is 10.2 Å². The van der Waals surface area contributed by atoms with Gasteiger partial charge in [0.1, 0.15) is 6.73 Å². The number of hydrazine groups is 1. The van der Waals surface area contributed by atoms with Crippen LogP contribution in [0.5, 0.6) is 0 Å². The van der Waals surface area contributed by atoms with E-state index in [1.807, 2.05) is 0 Å². The Bertz CT molecular complexity index is 147. The molecule has 0 saturated carbocycles. The summed E-state index contributed by atoms with van der Waals surface area (Å²) in [5.41, 5.74) is 2.48. The Labute approximate surface area is 74.4 Å². The molecule has 1 saturated heterocycles. The van der Waals surface area contributed by atoms with Gasteiger partial charge in [-0.25, -0.2) is 0 Å². The van der Waals surface area contributed by atoms with Crippen molar-refractivity contribution in [3.63, 3.8) is 0 Å². The first kappa shape index (κ1) is 9.06. The van der Waals surface area contributed by atoms with Gasteiger partial charge in [-0.15, -0.1) is 0 Å². The van der Waals surface area contributed by atoms with Gasteiger partial charge >= 0.3 is 0 Å². The number of alkyl halides is 2. The summed E-state index contributed by atoms with van der Waals surface area (Å²) < 4.78 is 4.96. The fourth-order valence-electron chi connectivity index (χ4n) is 0.707. The number of ether oxygens (including phenoxy) is 1. The molecule has 64 valence electrons. The Balaban J connectivity index is 2.24. The van der Waals surface area contributed by atoms with Crippen molar-refractivity contribution in [1.29, 1.82) is 0 Å². The maximum absolute atomic E-state index is 10.8. The van der Waals surface area contributed by atoms with Crippen LogP contribution in [-0.2, 0) is 9.53 Å². The second kappa shape index (κ2) is 4.11. The molecule has 1 fully saturated rings. The first-order valence-corrected chi connectivity index (χ1v) is 3.99. The van der Waals surface area contributed by atoms with Crippen molar-refractivity contribution in [3.05, 3.63) is 0 Å². The standard InChI is InChI=1S/C5H8Cl2N2O2/c6-4(7)5(10)8-9-1-2-11-3-9/h4H,1-3H2,(H,8,10). The molecule has 0 aromatic carbocycles. The smallest absolute Gasteiger partial charge is 0.267 e. The molecule has 1 rings (SSSR count). The van der Waals surface area contributed by atoms with E-state index in [1.54, 1.807) is 5.01 Å². The number of hydrogen-bond acceptors (Lipinski definition) is 3. The zero-order valence-electron chi connectivity index (χ0n) is 5.72. The van der Waals surface area contributed by atoms with Gasteiger partial charge in [0.05, 0.1) is 6.61 Å². The number of amides is 1. The number of rotatable bonds is 2. The van der Waals surface area contributed by atoms with Crippen LogP contribution >= 0.6 is 23.2 Å². The summed E-state index contributed by atoms with van der Waals surface area (Å²) >= 11 is 10.6. The predicted octanol–water partition coefficient (Wildman–Crippen LogP) is 0.111. The molecule has 1 heterocycles. The molecule has 1 aliphatic heterocycles. The number of nitrogens with one attached hydrogen (secondary N) is 1. The van der Waals surface area contributed by atoms with E-state index in [1.165, 1.54) is 0 Å². The normalized spacial score (nSPS) is 19.2. The second-order valence-corrected chi connectivity index (χ2v) is 3.17. The van der Waals surface area contributed by atoms with E-state index in [0.29, 0.717) is 19.9 Å². The van der Waals surface area contributed by atoms with Crippen LogP contribution in [0, 0.1) is 0 Å². The van der Waals surface area contributed by atoms with Crippen molar-refractivity contribution in [3.8, 4) is 0 Å². The third-order valence-electron chi connectivity index (χ3n) is 1.22. The summed E-state index contributed by atoms with van der Waals surface area (Å²) in [6.07, 6.45) is 0. The van der Waals surface area contributed by atoms with Gasteiger partial charge in [0.25, 0.3) is 5.91 Å². The van der Waals surface area contributed by atoms with Crippen molar-refractivity contribution >= 4 is 29.1 Å². The summed E-state index contributed by atoms with van der Waals surface area (Å²) in [6, 6.07) is 0. The molecule has 1 amide bonds. The number of halogens is 2. The van der Waals surface area contributed by atoms with Gasteiger partial charge in [-0.05, 0) is 0 Å². The molecule has 0 atom stereocenters. The van der Waals surface area contributed by atoms with E-state index in [2.05, 4.69) is 5.43 Å². The van der Waals surface area contributed by atoms with Crippen LogP contribution in [0.1, 0.15) is 0 Å². The molecule has 0 aliphatic carbocycles. The monoisotopic (exact) mass is 198 g/mol. The van der Waals surface area contributed by atoms with Crippen LogP contribution in [0.25, 0.3) is 0 Å². The lowest BCUT2D eigenvalue weighted by atomic mass is 10.7. The molecule has 1 aliphatic rings. The minimum absolute atomic E-state index is 0.395. The van der Waals surface area contributed by atoms with Crippen molar-refractivity contribution < 1.29 is 9.53 Å². The van der Waals surface area contributed by atoms with Gasteiger partial charge in [-0.1, -0.05) is 23.2 Å². The molecule has 6 heteroatoms. The highest BCUT2D eigenvalue weighted by Gasteiger charge is 2.17. The predicted molar refractivity (Wildman–Crippen MR) is 41.2 cm³/mol. The van der Waals surface area contributed by atoms with E-state index >= 15 is 0 Å². The molecule has 0 aromatic rings. The Kier molecular flexibility index (Phi) is 3.39. The van der Waals surface area contributed by atoms with Gasteiger partial charge < -0.3 is 4.74 Å². The second-order valence-electron chi connectivity index (χ2n) is 2.08. The lowest BCUT2D eigenvalue weighted by molar-refractivity contribution is -0.124. The summed E-state index contributed by atoms with van der Waals surface area (Å²) in [7, 11) is 0. The minimum atomic E-state index is -1.02. The third-order valence-corrected chi connectivity index (χ3v) is 1.62. The quantitative estimate of drug-likeness (QED) is 0.641. The molecule has 0 bridgehead atoms. The van der Waals surface area contributed by atoms with E-state index in [-0.39, 0.29) is 0 Å². The number of carbonyl (C=O) groups is 1. The third kappa shape index (κ3) is 2.83. The molecule has 1 N–H and O–H groups in total. The zero-order valence-corrected chi connectivity index (χ0v) is 7.23. The first-order valence-electron chi connectivity index (χ1n) is 3.11. The van der Waals surface area contributed by atoms with Crippen LogP contribution in [0.15, 0.2) is 0 Å². The van der Waals surface area contributed by atoms with E-state index in [4.69, 9.17) is 27.9 Å². The van der Waals surface area contributed by atoms with E-state index < -0.39 is 10.7 Å². The molecular weight excluding hydrogens is 191 g/mol. The molecule has 0 spiro atoms.